The van der Waals surface area contributed by atoms with Crippen LogP contribution in [0.2, 0.25) is 5.02 Å². The van der Waals surface area contributed by atoms with Gasteiger partial charge >= 0.3 is 0 Å². The highest BCUT2D eigenvalue weighted by Gasteiger charge is 2.12. The van der Waals surface area contributed by atoms with Gasteiger partial charge in [0.15, 0.2) is 0 Å². The van der Waals surface area contributed by atoms with Crippen LogP contribution in [-0.2, 0) is 5.75 Å². The van der Waals surface area contributed by atoms with E-state index in [1.807, 2.05) is 67.6 Å². The highest BCUT2D eigenvalue weighted by Crippen LogP contribution is 2.30. The van der Waals surface area contributed by atoms with E-state index in [9.17, 15) is 4.79 Å². The number of rotatable bonds is 8. The summed E-state index contributed by atoms with van der Waals surface area (Å²) in [7, 11) is 0. The molecule has 0 atom stereocenters. The maximum atomic E-state index is 12.8. The third-order valence-corrected chi connectivity index (χ3v) is 5.98. The summed E-state index contributed by atoms with van der Waals surface area (Å²) in [4.78, 5) is 13.9. The van der Waals surface area contributed by atoms with Crippen molar-refractivity contribution in [1.82, 2.24) is 0 Å². The van der Waals surface area contributed by atoms with E-state index < -0.39 is 0 Å². The van der Waals surface area contributed by atoms with Crippen molar-refractivity contribution in [2.45, 2.75) is 37.3 Å². The molecule has 156 valence electrons. The molecule has 3 aromatic rings. The van der Waals surface area contributed by atoms with Crippen molar-refractivity contribution in [2.24, 2.45) is 0 Å². The fourth-order valence-corrected chi connectivity index (χ4v) is 3.98. The summed E-state index contributed by atoms with van der Waals surface area (Å²) in [5, 5.41) is 3.70. The fourth-order valence-electron chi connectivity index (χ4n) is 2.98. The Morgan fingerprint density at radius 3 is 2.37 bits per heavy atom. The van der Waals surface area contributed by atoms with Crippen LogP contribution < -0.4 is 10.1 Å². The average molecular weight is 440 g/mol. The van der Waals surface area contributed by atoms with Crippen molar-refractivity contribution < 1.29 is 9.53 Å². The van der Waals surface area contributed by atoms with Gasteiger partial charge in [0.2, 0.25) is 0 Å². The highest BCUT2D eigenvalue weighted by atomic mass is 35.5. The summed E-state index contributed by atoms with van der Waals surface area (Å²) in [5.74, 6) is 1.83. The van der Waals surface area contributed by atoms with Gasteiger partial charge < -0.3 is 10.1 Å². The molecule has 1 N–H and O–H groups in total. The number of carbonyl (C=O) groups excluding carboxylic acids is 1. The number of hydrogen-bond donors (Lipinski definition) is 1. The molecule has 3 nitrogen and oxygen atoms in total. The minimum Gasteiger partial charge on any atom is -0.494 e. The molecule has 0 saturated heterocycles. The Hall–Kier alpha value is -2.43. The van der Waals surface area contributed by atoms with Crippen LogP contribution in [0.15, 0.2) is 71.6 Å². The predicted molar refractivity (Wildman–Crippen MR) is 127 cm³/mol. The van der Waals surface area contributed by atoms with Crippen LogP contribution >= 0.6 is 23.4 Å². The average Bonchev–Trinajstić information content (AvgIpc) is 2.74. The molecule has 0 aliphatic rings. The largest absolute Gasteiger partial charge is 0.494 e. The standard InChI is InChI=1S/C25H26ClNO2S/c1-4-29-24-14-7-19(15-20(24)16-30-23-12-8-21(26)9-13-23)25(28)27-22-10-5-18(6-11-22)17(2)3/h5-15,17H,4,16H2,1-3H3,(H,27,28). The first kappa shape index (κ1) is 22.3. The van der Waals surface area contributed by atoms with Crippen molar-refractivity contribution in [2.75, 3.05) is 11.9 Å². The van der Waals surface area contributed by atoms with Gasteiger partial charge in [-0.2, -0.15) is 0 Å². The SMILES string of the molecule is CCOc1ccc(C(=O)Nc2ccc(C(C)C)cc2)cc1CSc1ccc(Cl)cc1. The molecule has 0 fully saturated rings. The number of benzene rings is 3. The van der Waals surface area contributed by atoms with Crippen molar-refractivity contribution in [3.8, 4) is 5.75 Å². The van der Waals surface area contributed by atoms with Crippen LogP contribution in [0, 0.1) is 0 Å². The second-order valence-corrected chi connectivity index (χ2v) is 8.71. The zero-order valence-electron chi connectivity index (χ0n) is 17.4. The molecule has 5 heteroatoms. The van der Waals surface area contributed by atoms with Crippen LogP contribution in [0.1, 0.15) is 48.2 Å². The van der Waals surface area contributed by atoms with Gasteiger partial charge in [-0.05, 0) is 73.0 Å². The maximum absolute atomic E-state index is 12.8. The van der Waals surface area contributed by atoms with Gasteiger partial charge in [0, 0.05) is 32.5 Å². The van der Waals surface area contributed by atoms with Crippen molar-refractivity contribution in [3.63, 3.8) is 0 Å². The molecule has 0 saturated carbocycles. The van der Waals surface area contributed by atoms with Crippen molar-refractivity contribution >= 4 is 35.0 Å². The lowest BCUT2D eigenvalue weighted by Gasteiger charge is -2.13. The van der Waals surface area contributed by atoms with Gasteiger partial charge in [0.05, 0.1) is 6.61 Å². The van der Waals surface area contributed by atoms with Crippen LogP contribution in [0.5, 0.6) is 5.75 Å². The molecule has 3 aromatic carbocycles. The first-order chi connectivity index (χ1) is 14.5. The lowest BCUT2D eigenvalue weighted by Crippen LogP contribution is -2.12. The zero-order chi connectivity index (χ0) is 21.5. The highest BCUT2D eigenvalue weighted by molar-refractivity contribution is 7.98. The van der Waals surface area contributed by atoms with E-state index in [1.54, 1.807) is 17.8 Å². The molecule has 0 heterocycles. The molecule has 0 aromatic heterocycles. The lowest BCUT2D eigenvalue weighted by molar-refractivity contribution is 0.102. The van der Waals surface area contributed by atoms with Gasteiger partial charge in [-0.1, -0.05) is 37.6 Å². The van der Waals surface area contributed by atoms with E-state index in [-0.39, 0.29) is 5.91 Å². The van der Waals surface area contributed by atoms with E-state index in [0.29, 0.717) is 23.8 Å². The molecule has 1 amide bonds. The Labute approximate surface area is 187 Å². The van der Waals surface area contributed by atoms with E-state index in [1.165, 1.54) is 5.56 Å². The van der Waals surface area contributed by atoms with Crippen LogP contribution in [0.25, 0.3) is 0 Å². The summed E-state index contributed by atoms with van der Waals surface area (Å²) in [6.45, 7) is 6.83. The number of hydrogen-bond acceptors (Lipinski definition) is 3. The van der Waals surface area contributed by atoms with Crippen molar-refractivity contribution in [3.05, 3.63) is 88.4 Å². The quantitative estimate of drug-likeness (QED) is 0.371. The van der Waals surface area contributed by atoms with Gasteiger partial charge in [-0.3, -0.25) is 4.79 Å². The lowest BCUT2D eigenvalue weighted by atomic mass is 10.0. The zero-order valence-corrected chi connectivity index (χ0v) is 19.0. The molecule has 0 unspecified atom stereocenters. The normalized spacial score (nSPS) is 10.8. The third-order valence-electron chi connectivity index (χ3n) is 4.67. The van der Waals surface area contributed by atoms with Gasteiger partial charge in [-0.25, -0.2) is 0 Å². The first-order valence-corrected chi connectivity index (χ1v) is 11.4. The predicted octanol–water partition coefficient (Wildman–Crippen LogP) is 7.41. The van der Waals surface area contributed by atoms with Crippen LogP contribution in [0.4, 0.5) is 5.69 Å². The molecule has 0 spiro atoms. The smallest absolute Gasteiger partial charge is 0.255 e. The topological polar surface area (TPSA) is 38.3 Å². The first-order valence-electron chi connectivity index (χ1n) is 10.0. The second kappa shape index (κ2) is 10.6. The fraction of sp³-hybridized carbons (Fsp3) is 0.240. The molecule has 0 bridgehead atoms. The maximum Gasteiger partial charge on any atom is 0.255 e. The summed E-state index contributed by atoms with van der Waals surface area (Å²) in [6.07, 6.45) is 0. The molecular weight excluding hydrogens is 414 g/mol. The number of ether oxygens (including phenoxy) is 1. The molecule has 0 radical (unpaired) electrons. The molecule has 30 heavy (non-hydrogen) atoms. The molecule has 3 rings (SSSR count). The van der Waals surface area contributed by atoms with Crippen LogP contribution in [-0.4, -0.2) is 12.5 Å². The number of halogens is 1. The Morgan fingerprint density at radius 1 is 1.03 bits per heavy atom. The summed E-state index contributed by atoms with van der Waals surface area (Å²) in [5.41, 5.74) is 3.63. The van der Waals surface area contributed by atoms with E-state index in [0.717, 1.165) is 26.9 Å². The summed E-state index contributed by atoms with van der Waals surface area (Å²) < 4.78 is 5.77. The van der Waals surface area contributed by atoms with E-state index in [4.69, 9.17) is 16.3 Å². The molecular formula is C25H26ClNO2S. The monoisotopic (exact) mass is 439 g/mol. The Balaban J connectivity index is 1.74. The number of thioether (sulfide) groups is 1. The number of amides is 1. The van der Waals surface area contributed by atoms with Crippen LogP contribution in [0.3, 0.4) is 0 Å². The van der Waals surface area contributed by atoms with Crippen molar-refractivity contribution in [1.29, 1.82) is 0 Å². The number of nitrogens with one attached hydrogen (secondary N) is 1. The molecule has 0 aliphatic carbocycles. The Bertz CT molecular complexity index is 985. The van der Waals surface area contributed by atoms with E-state index >= 15 is 0 Å². The third kappa shape index (κ3) is 6.04. The number of carbonyl (C=O) groups is 1. The summed E-state index contributed by atoms with van der Waals surface area (Å²) in [6, 6.07) is 21.3. The van der Waals surface area contributed by atoms with Gasteiger partial charge in [-0.15, -0.1) is 11.8 Å². The Morgan fingerprint density at radius 2 is 1.73 bits per heavy atom. The minimum absolute atomic E-state index is 0.131. The Kier molecular flexibility index (Phi) is 7.83. The minimum atomic E-state index is -0.131. The van der Waals surface area contributed by atoms with E-state index in [2.05, 4.69) is 19.2 Å². The van der Waals surface area contributed by atoms with Gasteiger partial charge in [0.1, 0.15) is 5.75 Å². The van der Waals surface area contributed by atoms with Gasteiger partial charge in [0.25, 0.3) is 5.91 Å². The number of anilines is 1. The second-order valence-electron chi connectivity index (χ2n) is 7.23. The molecule has 0 aliphatic heterocycles. The summed E-state index contributed by atoms with van der Waals surface area (Å²) >= 11 is 7.65.